The number of nitrogens with one attached hydrogen (secondary N) is 2. The molecule has 0 radical (unpaired) electrons. The summed E-state index contributed by atoms with van der Waals surface area (Å²) >= 11 is 5.47. The Labute approximate surface area is 182 Å². The molecule has 0 atom stereocenters. The van der Waals surface area contributed by atoms with Crippen molar-refractivity contribution in [3.63, 3.8) is 0 Å². The van der Waals surface area contributed by atoms with Gasteiger partial charge >= 0.3 is 6.18 Å². The van der Waals surface area contributed by atoms with E-state index in [2.05, 4.69) is 15.3 Å². The number of hydrogen-bond donors (Lipinski definition) is 2. The lowest BCUT2D eigenvalue weighted by atomic mass is 10.2. The van der Waals surface area contributed by atoms with Crippen LogP contribution in [-0.4, -0.2) is 52.1 Å². The van der Waals surface area contributed by atoms with Crippen LogP contribution in [0.1, 0.15) is 11.4 Å². The number of thiocarbonyl (C=S) groups is 1. The van der Waals surface area contributed by atoms with Crippen LogP contribution in [0.4, 0.5) is 18.9 Å². The molecule has 0 fully saturated rings. The van der Waals surface area contributed by atoms with Crippen LogP contribution >= 0.6 is 12.2 Å². The molecule has 2 N–H and O–H groups in total. The van der Waals surface area contributed by atoms with E-state index in [4.69, 9.17) is 12.2 Å². The van der Waals surface area contributed by atoms with Gasteiger partial charge in [-0.3, -0.25) is 4.79 Å². The van der Waals surface area contributed by atoms with Crippen LogP contribution in [-0.2, 0) is 12.7 Å². The number of fused-ring (bicyclic) bond motifs is 1. The maximum absolute atomic E-state index is 13.0. The number of hydrogen-bond acceptors (Lipinski definition) is 4. The molecule has 0 saturated carbocycles. The second-order valence-corrected chi connectivity index (χ2v) is 7.65. The molecule has 0 spiro atoms. The molecule has 10 heteroatoms. The summed E-state index contributed by atoms with van der Waals surface area (Å²) in [7, 11) is 3.80. The Bertz CT molecular complexity index is 1130. The molecule has 0 amide bonds. The third kappa shape index (κ3) is 6.02. The molecule has 1 aromatic heterocycles. The summed E-state index contributed by atoms with van der Waals surface area (Å²) in [6, 6.07) is 11.8. The molecule has 31 heavy (non-hydrogen) atoms. The summed E-state index contributed by atoms with van der Waals surface area (Å²) in [5.41, 5.74) is -0.231. The van der Waals surface area contributed by atoms with E-state index in [-0.39, 0.29) is 22.9 Å². The summed E-state index contributed by atoms with van der Waals surface area (Å²) in [5.74, 6) is 0.413. The van der Waals surface area contributed by atoms with Gasteiger partial charge in [0.05, 0.1) is 23.0 Å². The molecule has 164 valence electrons. The molecule has 0 aliphatic heterocycles. The van der Waals surface area contributed by atoms with Crippen molar-refractivity contribution in [3.8, 4) is 0 Å². The van der Waals surface area contributed by atoms with Crippen molar-refractivity contribution in [1.29, 1.82) is 0 Å². The Morgan fingerprint density at radius 2 is 1.87 bits per heavy atom. The van der Waals surface area contributed by atoms with E-state index in [1.54, 1.807) is 29.2 Å². The first-order valence-corrected chi connectivity index (χ1v) is 9.90. The van der Waals surface area contributed by atoms with Gasteiger partial charge in [-0.05, 0) is 56.6 Å². The van der Waals surface area contributed by atoms with Gasteiger partial charge in [0, 0.05) is 18.8 Å². The normalized spacial score (nSPS) is 11.7. The fourth-order valence-electron chi connectivity index (χ4n) is 2.94. The van der Waals surface area contributed by atoms with E-state index in [1.807, 2.05) is 19.0 Å². The van der Waals surface area contributed by atoms with Gasteiger partial charge < -0.3 is 20.1 Å². The number of halogens is 3. The average Bonchev–Trinajstić information content (AvgIpc) is 2.70. The number of anilines is 1. The topological polar surface area (TPSA) is 64.3 Å². The molecule has 0 aliphatic rings. The molecule has 3 rings (SSSR count). The Hall–Kier alpha value is -2.98. The summed E-state index contributed by atoms with van der Waals surface area (Å²) in [5, 5.41) is 3.58. The largest absolute Gasteiger partial charge is 0.416 e. The zero-order valence-corrected chi connectivity index (χ0v) is 17.8. The van der Waals surface area contributed by atoms with E-state index in [0.717, 1.165) is 12.1 Å². The Kier molecular flexibility index (Phi) is 6.91. The van der Waals surface area contributed by atoms with Gasteiger partial charge in [-0.25, -0.2) is 4.98 Å². The summed E-state index contributed by atoms with van der Waals surface area (Å²) < 4.78 is 39.0. The fourth-order valence-corrected chi connectivity index (χ4v) is 3.21. The minimum absolute atomic E-state index is 0.193. The number of H-pyrrole nitrogens is 1. The highest BCUT2D eigenvalue weighted by atomic mass is 32.1. The smallest absolute Gasteiger partial charge is 0.340 e. The second-order valence-electron chi connectivity index (χ2n) is 7.26. The van der Waals surface area contributed by atoms with Crippen LogP contribution in [0.25, 0.3) is 10.9 Å². The van der Waals surface area contributed by atoms with Crippen LogP contribution in [0.5, 0.6) is 0 Å². The predicted octanol–water partition coefficient (Wildman–Crippen LogP) is 3.70. The standard InChI is InChI=1S/C21H22F3N5OS/c1-28(2)10-11-29(13-18-26-17-9-4-3-8-16(17)19(30)27-18)20(31)25-15-7-5-6-14(12-15)21(22,23)24/h3-9,12H,10-11,13H2,1-2H3,(H,25,31)(H,26,27,30). The monoisotopic (exact) mass is 449 g/mol. The molecular weight excluding hydrogens is 427 g/mol. The minimum Gasteiger partial charge on any atom is -0.340 e. The molecule has 2 aromatic carbocycles. The Balaban J connectivity index is 1.84. The van der Waals surface area contributed by atoms with Crippen molar-refractivity contribution in [2.75, 3.05) is 32.5 Å². The third-order valence-electron chi connectivity index (χ3n) is 4.55. The maximum Gasteiger partial charge on any atom is 0.416 e. The lowest BCUT2D eigenvalue weighted by molar-refractivity contribution is -0.137. The van der Waals surface area contributed by atoms with E-state index >= 15 is 0 Å². The van der Waals surface area contributed by atoms with Gasteiger partial charge in [0.15, 0.2) is 5.11 Å². The molecule has 0 saturated heterocycles. The third-order valence-corrected chi connectivity index (χ3v) is 4.91. The van der Waals surface area contributed by atoms with Crippen molar-refractivity contribution in [2.24, 2.45) is 0 Å². The highest BCUT2D eigenvalue weighted by molar-refractivity contribution is 7.80. The molecule has 1 heterocycles. The number of likely N-dealkylation sites (N-methyl/N-ethyl adjacent to an activating group) is 1. The molecule has 6 nitrogen and oxygen atoms in total. The van der Waals surface area contributed by atoms with Crippen LogP contribution in [0.3, 0.4) is 0 Å². The van der Waals surface area contributed by atoms with Crippen molar-refractivity contribution < 1.29 is 13.2 Å². The zero-order valence-electron chi connectivity index (χ0n) is 17.0. The second kappa shape index (κ2) is 9.44. The summed E-state index contributed by atoms with van der Waals surface area (Å²) in [6.45, 7) is 1.31. The van der Waals surface area contributed by atoms with Crippen molar-refractivity contribution in [2.45, 2.75) is 12.7 Å². The van der Waals surface area contributed by atoms with Crippen LogP contribution in [0.2, 0.25) is 0 Å². The first kappa shape index (κ1) is 22.7. The van der Waals surface area contributed by atoms with Gasteiger partial charge in [-0.1, -0.05) is 18.2 Å². The highest BCUT2D eigenvalue weighted by Gasteiger charge is 2.30. The van der Waals surface area contributed by atoms with Gasteiger partial charge in [0.1, 0.15) is 5.82 Å². The van der Waals surface area contributed by atoms with Crippen LogP contribution in [0.15, 0.2) is 53.3 Å². The molecule has 0 bridgehead atoms. The SMILES string of the molecule is CN(C)CCN(Cc1nc2ccccc2c(=O)[nH]1)C(=S)Nc1cccc(C(F)(F)F)c1. The molecular formula is C21H22F3N5OS. The van der Waals surface area contributed by atoms with E-state index < -0.39 is 11.7 Å². The number of para-hydroxylation sites is 1. The summed E-state index contributed by atoms with van der Waals surface area (Å²) in [6.07, 6.45) is -4.45. The Morgan fingerprint density at radius 1 is 1.13 bits per heavy atom. The van der Waals surface area contributed by atoms with Gasteiger partial charge in [0.25, 0.3) is 5.56 Å². The number of benzene rings is 2. The van der Waals surface area contributed by atoms with E-state index in [0.29, 0.717) is 29.8 Å². The molecule has 0 unspecified atom stereocenters. The van der Waals surface area contributed by atoms with Crippen LogP contribution in [0, 0.1) is 0 Å². The first-order valence-electron chi connectivity index (χ1n) is 9.49. The lowest BCUT2D eigenvalue weighted by Crippen LogP contribution is -2.39. The van der Waals surface area contributed by atoms with Gasteiger partial charge in [0.2, 0.25) is 0 Å². The fraction of sp³-hybridized carbons (Fsp3) is 0.286. The number of aromatic amines is 1. The summed E-state index contributed by atoms with van der Waals surface area (Å²) in [4.78, 5) is 23.3. The molecule has 3 aromatic rings. The van der Waals surface area contributed by atoms with Crippen LogP contribution < -0.4 is 10.9 Å². The maximum atomic E-state index is 13.0. The van der Waals surface area contributed by atoms with Crippen molar-refractivity contribution >= 4 is 33.9 Å². The number of nitrogens with zero attached hydrogens (tertiary/aromatic N) is 3. The number of rotatable bonds is 6. The predicted molar refractivity (Wildman–Crippen MR) is 119 cm³/mol. The van der Waals surface area contributed by atoms with E-state index in [1.165, 1.54) is 12.1 Å². The number of aromatic nitrogens is 2. The van der Waals surface area contributed by atoms with Gasteiger partial charge in [-0.15, -0.1) is 0 Å². The van der Waals surface area contributed by atoms with E-state index in [9.17, 15) is 18.0 Å². The minimum atomic E-state index is -4.45. The Morgan fingerprint density at radius 3 is 2.58 bits per heavy atom. The molecule has 0 aliphatic carbocycles. The number of alkyl halides is 3. The quantitative estimate of drug-likeness (QED) is 0.560. The van der Waals surface area contributed by atoms with Gasteiger partial charge in [-0.2, -0.15) is 13.2 Å². The first-order chi connectivity index (χ1) is 14.6. The van der Waals surface area contributed by atoms with Crippen molar-refractivity contribution in [1.82, 2.24) is 19.8 Å². The zero-order chi connectivity index (χ0) is 22.6. The lowest BCUT2D eigenvalue weighted by Gasteiger charge is -2.27. The van der Waals surface area contributed by atoms with Crippen molar-refractivity contribution in [3.05, 3.63) is 70.3 Å². The highest BCUT2D eigenvalue weighted by Crippen LogP contribution is 2.30. The average molecular weight is 450 g/mol.